The van der Waals surface area contributed by atoms with E-state index in [-0.39, 0.29) is 6.04 Å². The Morgan fingerprint density at radius 3 is 2.20 bits per heavy atom. The summed E-state index contributed by atoms with van der Waals surface area (Å²) in [4.78, 5) is 13.7. The van der Waals surface area contributed by atoms with Crippen LogP contribution in [0.4, 0.5) is 14.5 Å². The minimum atomic E-state index is -0.867. The molecule has 10 heteroatoms. The summed E-state index contributed by atoms with van der Waals surface area (Å²) in [5.41, 5.74) is 6.36. The molecule has 0 amide bonds. The van der Waals surface area contributed by atoms with Crippen molar-refractivity contribution in [2.45, 2.75) is 32.0 Å². The first kappa shape index (κ1) is 33.7. The summed E-state index contributed by atoms with van der Waals surface area (Å²) in [6, 6.07) is 22.1. The van der Waals surface area contributed by atoms with E-state index in [2.05, 4.69) is 38.0 Å². The second-order valence-corrected chi connectivity index (χ2v) is 12.0. The Balaban J connectivity index is 1.20. The van der Waals surface area contributed by atoms with E-state index in [9.17, 15) is 8.78 Å². The van der Waals surface area contributed by atoms with Crippen molar-refractivity contribution in [3.05, 3.63) is 114 Å². The lowest BCUT2D eigenvalue weighted by atomic mass is 9.99. The normalized spacial score (nSPS) is 13.6. The van der Waals surface area contributed by atoms with Crippen LogP contribution in [-0.4, -0.2) is 62.4 Å². The van der Waals surface area contributed by atoms with E-state index >= 15 is 0 Å². The SMILES string of the molecule is COc1cccc(-c2cc(CN3CCC(N(Cc4cncc(-c5cc(OC)c(OC)c(OC)c5)c4)c4ccc(F)c(F)c4)CC3)ccn2)c1. The van der Waals surface area contributed by atoms with E-state index in [1.807, 2.05) is 48.8 Å². The Morgan fingerprint density at radius 1 is 0.735 bits per heavy atom. The predicted molar refractivity (Wildman–Crippen MR) is 186 cm³/mol. The van der Waals surface area contributed by atoms with Crippen molar-refractivity contribution in [1.82, 2.24) is 14.9 Å². The highest BCUT2D eigenvalue weighted by Gasteiger charge is 2.26. The molecule has 2 aromatic heterocycles. The van der Waals surface area contributed by atoms with E-state index in [4.69, 9.17) is 18.9 Å². The van der Waals surface area contributed by atoms with Gasteiger partial charge in [0.25, 0.3) is 0 Å². The number of halogens is 2. The molecule has 1 aliphatic rings. The van der Waals surface area contributed by atoms with Crippen molar-refractivity contribution < 1.29 is 27.7 Å². The molecule has 3 aromatic carbocycles. The highest BCUT2D eigenvalue weighted by molar-refractivity contribution is 5.71. The first-order chi connectivity index (χ1) is 23.9. The summed E-state index contributed by atoms with van der Waals surface area (Å²) in [5, 5.41) is 0. The maximum Gasteiger partial charge on any atom is 0.203 e. The average molecular weight is 667 g/mol. The van der Waals surface area contributed by atoms with Crippen LogP contribution in [0.3, 0.4) is 0 Å². The molecule has 0 bridgehead atoms. The summed E-state index contributed by atoms with van der Waals surface area (Å²) < 4.78 is 50.6. The van der Waals surface area contributed by atoms with Crippen LogP contribution in [0.2, 0.25) is 0 Å². The minimum Gasteiger partial charge on any atom is -0.497 e. The molecule has 49 heavy (non-hydrogen) atoms. The van der Waals surface area contributed by atoms with Gasteiger partial charge >= 0.3 is 0 Å². The summed E-state index contributed by atoms with van der Waals surface area (Å²) in [6.45, 7) is 2.96. The van der Waals surface area contributed by atoms with Gasteiger partial charge in [0.15, 0.2) is 23.1 Å². The third-order valence-corrected chi connectivity index (χ3v) is 8.97. The lowest BCUT2D eigenvalue weighted by Crippen LogP contribution is -2.44. The second kappa shape index (κ2) is 15.3. The fourth-order valence-corrected chi connectivity index (χ4v) is 6.43. The molecule has 3 heterocycles. The Labute approximate surface area is 285 Å². The molecular formula is C39H40F2N4O4. The molecule has 0 aliphatic carbocycles. The molecule has 1 saturated heterocycles. The highest BCUT2D eigenvalue weighted by atomic mass is 19.2. The highest BCUT2D eigenvalue weighted by Crippen LogP contribution is 2.41. The number of methoxy groups -OCH3 is 4. The van der Waals surface area contributed by atoms with E-state index in [0.29, 0.717) is 29.5 Å². The maximum absolute atomic E-state index is 14.6. The van der Waals surface area contributed by atoms with E-state index < -0.39 is 11.6 Å². The molecule has 0 radical (unpaired) electrons. The number of pyridine rings is 2. The van der Waals surface area contributed by atoms with Crippen molar-refractivity contribution in [2.75, 3.05) is 46.4 Å². The lowest BCUT2D eigenvalue weighted by Gasteiger charge is -2.40. The maximum atomic E-state index is 14.6. The van der Waals surface area contributed by atoms with Gasteiger partial charge in [-0.05, 0) is 84.1 Å². The molecule has 8 nitrogen and oxygen atoms in total. The van der Waals surface area contributed by atoms with Gasteiger partial charge in [0.1, 0.15) is 5.75 Å². The molecular weight excluding hydrogens is 626 g/mol. The van der Waals surface area contributed by atoms with Crippen molar-refractivity contribution in [1.29, 1.82) is 0 Å². The molecule has 0 N–H and O–H groups in total. The summed E-state index contributed by atoms with van der Waals surface area (Å²) in [5.74, 6) is 0.654. The quantitative estimate of drug-likeness (QED) is 0.134. The zero-order valence-corrected chi connectivity index (χ0v) is 28.2. The van der Waals surface area contributed by atoms with Crippen LogP contribution in [0.25, 0.3) is 22.4 Å². The molecule has 1 aliphatic heterocycles. The van der Waals surface area contributed by atoms with Gasteiger partial charge in [0, 0.05) is 73.7 Å². The number of anilines is 1. The lowest BCUT2D eigenvalue weighted by molar-refractivity contribution is 0.201. The molecule has 5 aromatic rings. The van der Waals surface area contributed by atoms with Gasteiger partial charge in [-0.1, -0.05) is 12.1 Å². The standard InChI is InChI=1S/C39H40F2N4O4/c1-46-33-7-5-6-28(18-33)36-17-26(10-13-43-36)24-44-14-11-31(12-15-44)45(32-8-9-34(40)35(41)21-32)25-27-16-30(23-42-22-27)29-19-37(47-2)39(49-4)38(20-29)48-3/h5-10,13,16-23,31H,11-12,14-15,24-25H2,1-4H3. The van der Waals surface area contributed by atoms with E-state index in [1.165, 1.54) is 17.7 Å². The predicted octanol–water partition coefficient (Wildman–Crippen LogP) is 7.79. The van der Waals surface area contributed by atoms with Crippen molar-refractivity contribution in [3.63, 3.8) is 0 Å². The number of aromatic nitrogens is 2. The topological polar surface area (TPSA) is 69.2 Å². The Kier molecular flexibility index (Phi) is 10.5. The van der Waals surface area contributed by atoms with Gasteiger partial charge in [-0.25, -0.2) is 8.78 Å². The largest absolute Gasteiger partial charge is 0.497 e. The minimum absolute atomic E-state index is 0.107. The van der Waals surface area contributed by atoms with Gasteiger partial charge in [0.2, 0.25) is 5.75 Å². The summed E-state index contributed by atoms with van der Waals surface area (Å²) >= 11 is 0. The molecule has 0 saturated carbocycles. The third-order valence-electron chi connectivity index (χ3n) is 8.97. The number of likely N-dealkylation sites (tertiary alicyclic amines) is 1. The van der Waals surface area contributed by atoms with E-state index in [1.54, 1.807) is 40.7 Å². The van der Waals surface area contributed by atoms with Gasteiger partial charge < -0.3 is 23.8 Å². The second-order valence-electron chi connectivity index (χ2n) is 12.0. The van der Waals surface area contributed by atoms with Gasteiger partial charge in [-0.3, -0.25) is 14.9 Å². The van der Waals surface area contributed by atoms with Crippen LogP contribution < -0.4 is 23.8 Å². The van der Waals surface area contributed by atoms with Gasteiger partial charge in [0.05, 0.1) is 34.1 Å². The van der Waals surface area contributed by atoms with Crippen LogP contribution in [0.15, 0.2) is 91.4 Å². The van der Waals surface area contributed by atoms with Crippen LogP contribution in [0.5, 0.6) is 23.0 Å². The Hall–Kier alpha value is -5.22. The molecule has 0 unspecified atom stereocenters. The van der Waals surface area contributed by atoms with Crippen molar-refractivity contribution >= 4 is 5.69 Å². The van der Waals surface area contributed by atoms with E-state index in [0.717, 1.165) is 66.2 Å². The fraction of sp³-hybridized carbons (Fsp3) is 0.282. The number of hydrogen-bond acceptors (Lipinski definition) is 8. The first-order valence-electron chi connectivity index (χ1n) is 16.2. The van der Waals surface area contributed by atoms with Crippen LogP contribution in [0.1, 0.15) is 24.0 Å². The zero-order valence-electron chi connectivity index (χ0n) is 28.2. The van der Waals surface area contributed by atoms with Crippen LogP contribution in [-0.2, 0) is 13.1 Å². The number of benzene rings is 3. The zero-order chi connectivity index (χ0) is 34.3. The number of piperidine rings is 1. The molecule has 6 rings (SSSR count). The number of nitrogens with zero attached hydrogens (tertiary/aromatic N) is 4. The monoisotopic (exact) mass is 666 g/mol. The molecule has 1 fully saturated rings. The Morgan fingerprint density at radius 2 is 1.51 bits per heavy atom. The summed E-state index contributed by atoms with van der Waals surface area (Å²) in [7, 11) is 6.39. The smallest absolute Gasteiger partial charge is 0.203 e. The number of rotatable bonds is 12. The fourth-order valence-electron chi connectivity index (χ4n) is 6.43. The number of hydrogen-bond donors (Lipinski definition) is 0. The molecule has 0 atom stereocenters. The van der Waals surface area contributed by atoms with Crippen LogP contribution in [0, 0.1) is 11.6 Å². The van der Waals surface area contributed by atoms with Crippen molar-refractivity contribution in [3.8, 4) is 45.4 Å². The average Bonchev–Trinajstić information content (AvgIpc) is 3.15. The molecule has 254 valence electrons. The Bertz CT molecular complexity index is 1870. The third kappa shape index (κ3) is 7.76. The number of ether oxygens (including phenoxy) is 4. The first-order valence-corrected chi connectivity index (χ1v) is 16.2. The van der Waals surface area contributed by atoms with Gasteiger partial charge in [-0.15, -0.1) is 0 Å². The molecule has 0 spiro atoms. The van der Waals surface area contributed by atoms with Crippen molar-refractivity contribution in [2.24, 2.45) is 0 Å². The summed E-state index contributed by atoms with van der Waals surface area (Å²) in [6.07, 6.45) is 7.15. The van der Waals surface area contributed by atoms with Gasteiger partial charge in [-0.2, -0.15) is 0 Å². The van der Waals surface area contributed by atoms with Crippen LogP contribution >= 0.6 is 0 Å².